The first-order valence-electron chi connectivity index (χ1n) is 16.8. The van der Waals surface area contributed by atoms with Gasteiger partial charge in [-0.15, -0.1) is 6.58 Å². The predicted molar refractivity (Wildman–Crippen MR) is 189 cm³/mol. The second-order valence-electron chi connectivity index (χ2n) is 11.5. The number of hydrogen-bond acceptors (Lipinski definition) is 2. The van der Waals surface area contributed by atoms with Crippen LogP contribution in [0, 0.1) is 0 Å². The summed E-state index contributed by atoms with van der Waals surface area (Å²) >= 11 is 0. The number of allylic oxidation sites excluding steroid dienone is 1. The van der Waals surface area contributed by atoms with Gasteiger partial charge in [-0.3, -0.25) is 0 Å². The van der Waals surface area contributed by atoms with Gasteiger partial charge in [-0.05, 0) is 72.2 Å². The summed E-state index contributed by atoms with van der Waals surface area (Å²) in [5.74, 6) is 1.91. The molecule has 0 atom stereocenters. The molecule has 0 aromatic heterocycles. The second-order valence-corrected chi connectivity index (χ2v) is 11.5. The Labute approximate surface area is 262 Å². The maximum absolute atomic E-state index is 5.93. The highest BCUT2D eigenvalue weighted by Gasteiger charge is 1.98. The van der Waals surface area contributed by atoms with Crippen molar-refractivity contribution in [1.82, 2.24) is 0 Å². The van der Waals surface area contributed by atoms with E-state index in [2.05, 4.69) is 111 Å². The Bertz CT molecular complexity index is 1170. The van der Waals surface area contributed by atoms with Crippen LogP contribution in [-0.4, -0.2) is 13.2 Å². The van der Waals surface area contributed by atoms with E-state index in [1.807, 2.05) is 6.08 Å². The average molecular weight is 579 g/mol. The molecule has 3 aromatic rings. The van der Waals surface area contributed by atoms with Gasteiger partial charge in [0.05, 0.1) is 13.2 Å². The van der Waals surface area contributed by atoms with Crippen molar-refractivity contribution in [3.05, 3.63) is 108 Å². The van der Waals surface area contributed by atoms with E-state index in [1.165, 1.54) is 92.9 Å². The largest absolute Gasteiger partial charge is 0.494 e. The van der Waals surface area contributed by atoms with Crippen LogP contribution in [0.25, 0.3) is 24.3 Å². The third kappa shape index (κ3) is 15.5. The Morgan fingerprint density at radius 1 is 0.442 bits per heavy atom. The molecule has 3 aromatic carbocycles. The molecule has 0 N–H and O–H groups in total. The summed E-state index contributed by atoms with van der Waals surface area (Å²) in [6, 6.07) is 25.4. The molecule has 0 aliphatic carbocycles. The van der Waals surface area contributed by atoms with E-state index in [1.54, 1.807) is 0 Å². The highest BCUT2D eigenvalue weighted by atomic mass is 16.5. The molecule has 0 saturated carbocycles. The van der Waals surface area contributed by atoms with Crippen molar-refractivity contribution in [2.24, 2.45) is 0 Å². The highest BCUT2D eigenvalue weighted by molar-refractivity contribution is 5.73. The van der Waals surface area contributed by atoms with Crippen LogP contribution < -0.4 is 9.47 Å². The van der Waals surface area contributed by atoms with Crippen molar-refractivity contribution in [3.63, 3.8) is 0 Å². The molecule has 0 aliphatic heterocycles. The molecule has 0 saturated heterocycles. The van der Waals surface area contributed by atoms with Crippen molar-refractivity contribution in [2.45, 2.75) is 96.8 Å². The predicted octanol–water partition coefficient (Wildman–Crippen LogP) is 12.5. The van der Waals surface area contributed by atoms with Gasteiger partial charge in [0.2, 0.25) is 0 Å². The first-order valence-corrected chi connectivity index (χ1v) is 16.8. The van der Waals surface area contributed by atoms with E-state index >= 15 is 0 Å². The molecule has 0 unspecified atom stereocenters. The monoisotopic (exact) mass is 578 g/mol. The summed E-state index contributed by atoms with van der Waals surface area (Å²) in [4.78, 5) is 0. The lowest BCUT2D eigenvalue weighted by Crippen LogP contribution is -1.97. The van der Waals surface area contributed by atoms with Crippen LogP contribution in [0.1, 0.15) is 119 Å². The number of benzene rings is 3. The minimum absolute atomic E-state index is 0.793. The van der Waals surface area contributed by atoms with Gasteiger partial charge >= 0.3 is 0 Å². The molecular formula is C41H54O2. The zero-order chi connectivity index (χ0) is 30.2. The van der Waals surface area contributed by atoms with Crippen molar-refractivity contribution >= 4 is 24.3 Å². The molecule has 0 amide bonds. The van der Waals surface area contributed by atoms with Crippen LogP contribution in [0.5, 0.6) is 11.5 Å². The van der Waals surface area contributed by atoms with E-state index in [0.717, 1.165) is 44.0 Å². The summed E-state index contributed by atoms with van der Waals surface area (Å²) in [7, 11) is 0. The molecule has 3 rings (SSSR count). The van der Waals surface area contributed by atoms with Crippen molar-refractivity contribution in [2.75, 3.05) is 13.2 Å². The number of unbranched alkanes of at least 4 members (excludes halogenated alkanes) is 12. The zero-order valence-electron chi connectivity index (χ0n) is 26.7. The number of hydrogen-bond donors (Lipinski definition) is 0. The van der Waals surface area contributed by atoms with Gasteiger partial charge < -0.3 is 9.47 Å². The molecule has 0 fully saturated rings. The van der Waals surface area contributed by atoms with Gasteiger partial charge in [-0.1, -0.05) is 150 Å². The second kappa shape index (κ2) is 22.1. The summed E-state index contributed by atoms with van der Waals surface area (Å²) in [5.41, 5.74) is 4.72. The minimum atomic E-state index is 0.793. The maximum atomic E-state index is 5.93. The molecule has 0 spiro atoms. The lowest BCUT2D eigenvalue weighted by Gasteiger charge is -2.06. The Hall–Kier alpha value is -3.52. The molecular weight excluding hydrogens is 524 g/mol. The third-order valence-electron chi connectivity index (χ3n) is 7.72. The van der Waals surface area contributed by atoms with E-state index in [-0.39, 0.29) is 0 Å². The lowest BCUT2D eigenvalue weighted by atomic mass is 10.1. The van der Waals surface area contributed by atoms with E-state index in [9.17, 15) is 0 Å². The Balaban J connectivity index is 1.32. The van der Waals surface area contributed by atoms with Gasteiger partial charge in [0.25, 0.3) is 0 Å². The first kappa shape index (κ1) is 34.0. The lowest BCUT2D eigenvalue weighted by molar-refractivity contribution is 0.304. The molecule has 0 aliphatic rings. The quantitative estimate of drug-likeness (QED) is 0.0633. The summed E-state index contributed by atoms with van der Waals surface area (Å²) in [6.45, 7) is 7.65. The van der Waals surface area contributed by atoms with Crippen LogP contribution >= 0.6 is 0 Å². The normalized spacial score (nSPS) is 11.4. The fraction of sp³-hybridized carbons (Fsp3) is 0.415. The fourth-order valence-corrected chi connectivity index (χ4v) is 4.99. The third-order valence-corrected chi connectivity index (χ3v) is 7.72. The SMILES string of the molecule is C=CCCCCCCCCOc1ccc(C=Cc2ccc(C=Cc3ccc(OCCCCCCCCC)cc3)cc2)cc1. The van der Waals surface area contributed by atoms with E-state index in [0.29, 0.717) is 0 Å². The molecule has 0 bridgehead atoms. The van der Waals surface area contributed by atoms with Gasteiger partial charge in [0.1, 0.15) is 11.5 Å². The Morgan fingerprint density at radius 3 is 1.14 bits per heavy atom. The van der Waals surface area contributed by atoms with Gasteiger partial charge in [-0.2, -0.15) is 0 Å². The Morgan fingerprint density at radius 2 is 0.767 bits per heavy atom. The summed E-state index contributed by atoms with van der Waals surface area (Å²) in [6.07, 6.45) is 28.5. The van der Waals surface area contributed by atoms with Crippen LogP contribution in [0.3, 0.4) is 0 Å². The van der Waals surface area contributed by atoms with Crippen molar-refractivity contribution in [1.29, 1.82) is 0 Å². The molecule has 230 valence electrons. The van der Waals surface area contributed by atoms with Crippen molar-refractivity contribution in [3.8, 4) is 11.5 Å². The maximum Gasteiger partial charge on any atom is 0.119 e. The zero-order valence-corrected chi connectivity index (χ0v) is 26.7. The van der Waals surface area contributed by atoms with Gasteiger partial charge in [0.15, 0.2) is 0 Å². The topological polar surface area (TPSA) is 18.5 Å². The van der Waals surface area contributed by atoms with Gasteiger partial charge in [0, 0.05) is 0 Å². The van der Waals surface area contributed by atoms with Crippen LogP contribution in [-0.2, 0) is 0 Å². The molecule has 0 heterocycles. The number of ether oxygens (including phenoxy) is 2. The average Bonchev–Trinajstić information content (AvgIpc) is 3.05. The molecule has 2 heteroatoms. The molecule has 0 radical (unpaired) electrons. The van der Waals surface area contributed by atoms with Crippen LogP contribution in [0.4, 0.5) is 0 Å². The molecule has 43 heavy (non-hydrogen) atoms. The molecule has 2 nitrogen and oxygen atoms in total. The fourth-order valence-electron chi connectivity index (χ4n) is 4.99. The van der Waals surface area contributed by atoms with Gasteiger partial charge in [-0.25, -0.2) is 0 Å². The van der Waals surface area contributed by atoms with Crippen molar-refractivity contribution < 1.29 is 9.47 Å². The van der Waals surface area contributed by atoms with Crippen LogP contribution in [0.15, 0.2) is 85.5 Å². The Kier molecular flexibility index (Phi) is 17.4. The number of rotatable bonds is 23. The smallest absolute Gasteiger partial charge is 0.119 e. The van der Waals surface area contributed by atoms with E-state index in [4.69, 9.17) is 9.47 Å². The highest BCUT2D eigenvalue weighted by Crippen LogP contribution is 2.18. The summed E-state index contributed by atoms with van der Waals surface area (Å²) in [5, 5.41) is 0. The van der Waals surface area contributed by atoms with Crippen LogP contribution in [0.2, 0.25) is 0 Å². The minimum Gasteiger partial charge on any atom is -0.494 e. The standard InChI is InChI=1S/C41H54O2/c1-3-5-7-9-11-13-15-17-35-43-41-32-28-39(29-33-41)25-23-37-20-18-36(19-21-37)22-24-38-26-30-40(31-27-38)42-34-16-14-12-10-8-6-4-2/h3,18-33H,1,4-17,34-35H2,2H3. The first-order chi connectivity index (χ1) is 21.3. The van der Waals surface area contributed by atoms with E-state index < -0.39 is 0 Å². The summed E-state index contributed by atoms with van der Waals surface area (Å²) < 4.78 is 11.9.